The van der Waals surface area contributed by atoms with Crippen LogP contribution in [-0.2, 0) is 11.3 Å². The van der Waals surface area contributed by atoms with Crippen LogP contribution in [0, 0.1) is 19.8 Å². The summed E-state index contributed by atoms with van der Waals surface area (Å²) in [6.07, 6.45) is 2.19. The summed E-state index contributed by atoms with van der Waals surface area (Å²) in [4.78, 5) is 31.2. The van der Waals surface area contributed by atoms with Crippen molar-refractivity contribution in [1.29, 1.82) is 0 Å². The number of carbonyl (C=O) groups is 2. The second-order valence-corrected chi connectivity index (χ2v) is 13.2. The normalized spacial score (nSPS) is 20.7. The fourth-order valence-electron chi connectivity index (χ4n) is 6.12. The van der Waals surface area contributed by atoms with Crippen molar-refractivity contribution >= 4 is 23.3 Å². The molecule has 0 unspecified atom stereocenters. The molecule has 49 heavy (non-hydrogen) atoms. The number of rotatable bonds is 8. The molecule has 0 fully saturated rings. The number of ether oxygens (including phenoxy) is 4. The Balaban J connectivity index is 1.37. The molecule has 5 rings (SSSR count). The first-order chi connectivity index (χ1) is 23.5. The van der Waals surface area contributed by atoms with E-state index in [2.05, 4.69) is 34.7 Å². The molecule has 0 saturated carbocycles. The van der Waals surface area contributed by atoms with Gasteiger partial charge in [-0.25, -0.2) is 4.79 Å². The van der Waals surface area contributed by atoms with Crippen LogP contribution in [0.4, 0.5) is 16.2 Å². The molecule has 266 valence electrons. The minimum atomic E-state index is -0.504. The summed E-state index contributed by atoms with van der Waals surface area (Å²) >= 11 is 0. The molecule has 0 radical (unpaired) electrons. The number of benzene rings is 2. The quantitative estimate of drug-likeness (QED) is 0.275. The van der Waals surface area contributed by atoms with E-state index >= 15 is 0 Å². The summed E-state index contributed by atoms with van der Waals surface area (Å²) in [5.41, 5.74) is 2.84. The fraction of sp³-hybridized carbons (Fsp3) is 0.528. The second-order valence-electron chi connectivity index (χ2n) is 13.2. The van der Waals surface area contributed by atoms with Gasteiger partial charge in [0.1, 0.15) is 17.1 Å². The van der Waals surface area contributed by atoms with E-state index in [1.165, 1.54) is 0 Å². The third-order valence-corrected chi connectivity index (χ3v) is 8.96. The standard InChI is InChI=1S/C36H49N5O8/c1-22-17-41(23(2)20-42)35(43)29-16-28(37-36(44)38-34-25(4)39-49-26(34)5)11-13-30(29)48-24(3)9-7-8-14-45-33(22)19-40(6)18-27-10-12-31-32(15-27)47-21-46-31/h10-13,15-16,22-24,33,42H,7-9,14,17-21H2,1-6H3,(H2,37,38,44)/t22-,23+,24-,33-/m1/s1. The highest BCUT2D eigenvalue weighted by molar-refractivity contribution is 6.03. The molecular formula is C36H49N5O8. The molecule has 2 aromatic carbocycles. The van der Waals surface area contributed by atoms with Gasteiger partial charge in [0.15, 0.2) is 17.3 Å². The summed E-state index contributed by atoms with van der Waals surface area (Å²) in [7, 11) is 2.05. The van der Waals surface area contributed by atoms with Crippen molar-refractivity contribution in [3.8, 4) is 17.2 Å². The van der Waals surface area contributed by atoms with E-state index in [1.54, 1.807) is 36.9 Å². The third kappa shape index (κ3) is 9.22. The number of nitrogens with one attached hydrogen (secondary N) is 2. The zero-order chi connectivity index (χ0) is 35.1. The van der Waals surface area contributed by atoms with Gasteiger partial charge in [0.05, 0.1) is 30.4 Å². The average Bonchev–Trinajstić information content (AvgIpc) is 3.67. The largest absolute Gasteiger partial charge is 0.490 e. The molecule has 2 aliphatic heterocycles. The SMILES string of the molecule is Cc1noc(C)c1NC(=O)Nc1ccc2c(c1)C(=O)N([C@@H](C)CO)C[C@@H](C)[C@@H](CN(C)Cc1ccc3c(c1)OCO3)OCCCC[C@@H](C)O2. The van der Waals surface area contributed by atoms with Crippen molar-refractivity contribution in [3.05, 3.63) is 59.0 Å². The number of likely N-dealkylation sites (N-methyl/N-ethyl adjacent to an activating group) is 1. The molecule has 2 aliphatic rings. The van der Waals surface area contributed by atoms with Gasteiger partial charge >= 0.3 is 6.03 Å². The van der Waals surface area contributed by atoms with Crippen LogP contribution in [0.25, 0.3) is 0 Å². The molecule has 3 aromatic rings. The summed E-state index contributed by atoms with van der Waals surface area (Å²) in [6.45, 7) is 11.6. The Kier molecular flexibility index (Phi) is 12.0. The lowest BCUT2D eigenvalue weighted by Crippen LogP contribution is -2.47. The Morgan fingerprint density at radius 2 is 1.86 bits per heavy atom. The van der Waals surface area contributed by atoms with Crippen LogP contribution < -0.4 is 24.8 Å². The highest BCUT2D eigenvalue weighted by Crippen LogP contribution is 2.33. The van der Waals surface area contributed by atoms with Crippen molar-refractivity contribution in [2.75, 3.05) is 50.8 Å². The van der Waals surface area contributed by atoms with Crippen molar-refractivity contribution in [3.63, 3.8) is 0 Å². The predicted octanol–water partition coefficient (Wildman–Crippen LogP) is 5.59. The molecule has 13 heteroatoms. The Morgan fingerprint density at radius 3 is 2.61 bits per heavy atom. The van der Waals surface area contributed by atoms with Gasteiger partial charge in [-0.05, 0) is 89.9 Å². The maximum atomic E-state index is 14.4. The molecule has 4 atom stereocenters. The van der Waals surface area contributed by atoms with Crippen molar-refractivity contribution in [2.24, 2.45) is 5.92 Å². The van der Waals surface area contributed by atoms with Crippen molar-refractivity contribution in [1.82, 2.24) is 15.0 Å². The van der Waals surface area contributed by atoms with Crippen LogP contribution in [0.5, 0.6) is 17.2 Å². The molecule has 0 aliphatic carbocycles. The molecule has 3 heterocycles. The van der Waals surface area contributed by atoms with Crippen LogP contribution in [0.3, 0.4) is 0 Å². The first-order valence-corrected chi connectivity index (χ1v) is 16.9. The van der Waals surface area contributed by atoms with Crippen LogP contribution >= 0.6 is 0 Å². The fourth-order valence-corrected chi connectivity index (χ4v) is 6.12. The van der Waals surface area contributed by atoms with Crippen molar-refractivity contribution < 1.29 is 38.2 Å². The van der Waals surface area contributed by atoms with Crippen LogP contribution in [0.2, 0.25) is 0 Å². The zero-order valence-electron chi connectivity index (χ0n) is 29.3. The maximum absolute atomic E-state index is 14.4. The van der Waals surface area contributed by atoms with E-state index in [1.807, 2.05) is 32.0 Å². The molecule has 0 saturated heterocycles. The van der Waals surface area contributed by atoms with E-state index in [9.17, 15) is 14.7 Å². The lowest BCUT2D eigenvalue weighted by Gasteiger charge is -2.36. The second kappa shape index (κ2) is 16.4. The first kappa shape index (κ1) is 36.0. The molecule has 13 nitrogen and oxygen atoms in total. The number of hydrogen-bond donors (Lipinski definition) is 3. The minimum absolute atomic E-state index is 0.0782. The minimum Gasteiger partial charge on any atom is -0.490 e. The van der Waals surface area contributed by atoms with Crippen LogP contribution in [0.15, 0.2) is 40.9 Å². The highest BCUT2D eigenvalue weighted by Gasteiger charge is 2.30. The van der Waals surface area contributed by atoms with E-state index in [0.29, 0.717) is 60.4 Å². The monoisotopic (exact) mass is 679 g/mol. The average molecular weight is 680 g/mol. The van der Waals surface area contributed by atoms with E-state index < -0.39 is 12.1 Å². The number of urea groups is 1. The van der Waals surface area contributed by atoms with Gasteiger partial charge in [0.2, 0.25) is 6.79 Å². The maximum Gasteiger partial charge on any atom is 0.323 e. The number of amides is 3. The number of nitrogens with zero attached hydrogens (tertiary/aromatic N) is 3. The molecule has 3 N–H and O–H groups in total. The number of anilines is 2. The van der Waals surface area contributed by atoms with Crippen LogP contribution in [0.1, 0.15) is 67.4 Å². The summed E-state index contributed by atoms with van der Waals surface area (Å²) in [6, 6.07) is 10.0. The van der Waals surface area contributed by atoms with Gasteiger partial charge in [0, 0.05) is 37.8 Å². The van der Waals surface area contributed by atoms with E-state index in [-0.39, 0.29) is 37.4 Å². The van der Waals surface area contributed by atoms with Gasteiger partial charge in [0.25, 0.3) is 5.91 Å². The molecule has 0 spiro atoms. The van der Waals surface area contributed by atoms with Gasteiger partial charge in [-0.3, -0.25) is 9.69 Å². The number of aliphatic hydroxyl groups excluding tert-OH is 1. The highest BCUT2D eigenvalue weighted by atomic mass is 16.7. The topological polar surface area (TPSA) is 148 Å². The Hall–Kier alpha value is -4.33. The summed E-state index contributed by atoms with van der Waals surface area (Å²) in [5, 5.41) is 19.7. The number of aromatic nitrogens is 1. The first-order valence-electron chi connectivity index (χ1n) is 16.9. The number of fused-ring (bicyclic) bond motifs is 2. The third-order valence-electron chi connectivity index (χ3n) is 8.96. The number of hydrogen-bond acceptors (Lipinski definition) is 10. The van der Waals surface area contributed by atoms with E-state index in [4.69, 9.17) is 23.5 Å². The van der Waals surface area contributed by atoms with Gasteiger partial charge in [-0.1, -0.05) is 18.1 Å². The molecule has 1 aromatic heterocycles. The molecular weight excluding hydrogens is 630 g/mol. The number of aryl methyl sites for hydroxylation is 2. The van der Waals surface area contributed by atoms with Gasteiger partial charge < -0.3 is 44.1 Å². The molecule has 3 amide bonds. The lowest BCUT2D eigenvalue weighted by molar-refractivity contribution is -0.0177. The zero-order valence-corrected chi connectivity index (χ0v) is 29.3. The molecule has 0 bridgehead atoms. The van der Waals surface area contributed by atoms with Gasteiger partial charge in [-0.15, -0.1) is 0 Å². The van der Waals surface area contributed by atoms with E-state index in [0.717, 1.165) is 36.3 Å². The van der Waals surface area contributed by atoms with Crippen LogP contribution in [-0.4, -0.2) is 90.4 Å². The number of aliphatic hydroxyl groups is 1. The summed E-state index contributed by atoms with van der Waals surface area (Å²) < 4.78 is 29.0. The smallest absolute Gasteiger partial charge is 0.323 e. The Morgan fingerprint density at radius 1 is 1.08 bits per heavy atom. The number of carbonyl (C=O) groups excluding carboxylic acids is 2. The predicted molar refractivity (Wildman–Crippen MR) is 184 cm³/mol. The van der Waals surface area contributed by atoms with Crippen molar-refractivity contribution in [2.45, 2.75) is 78.7 Å². The Labute approximate surface area is 287 Å². The Bertz CT molecular complexity index is 1580. The van der Waals surface area contributed by atoms with Gasteiger partial charge in [-0.2, -0.15) is 0 Å². The lowest BCUT2D eigenvalue weighted by atomic mass is 10.0. The summed E-state index contributed by atoms with van der Waals surface area (Å²) in [5.74, 6) is 2.02.